The monoisotopic (exact) mass is 191 g/mol. The van der Waals surface area contributed by atoms with Crippen molar-refractivity contribution in [2.75, 3.05) is 0 Å². The Morgan fingerprint density at radius 1 is 1.62 bits per heavy atom. The van der Waals surface area contributed by atoms with E-state index < -0.39 is 12.0 Å². The Bertz CT molecular complexity index is 226. The molecule has 0 aromatic carbocycles. The van der Waals surface area contributed by atoms with Crippen LogP contribution >= 0.6 is 0 Å². The van der Waals surface area contributed by atoms with Crippen molar-refractivity contribution < 1.29 is 9.90 Å². The number of carbonyl (C=O) groups is 1. The summed E-state index contributed by atoms with van der Waals surface area (Å²) in [6, 6.07) is -0.730. The molecule has 0 amide bonds. The number of carboxylic acid groups (broad SMARTS) is 1. The van der Waals surface area contributed by atoms with Crippen molar-refractivity contribution in [3.8, 4) is 0 Å². The van der Waals surface area contributed by atoms with E-state index in [9.17, 15) is 4.79 Å². The van der Waals surface area contributed by atoms with Crippen molar-refractivity contribution in [1.29, 1.82) is 0 Å². The van der Waals surface area contributed by atoms with Crippen LogP contribution in [-0.4, -0.2) is 46.7 Å². The van der Waals surface area contributed by atoms with Crippen LogP contribution < -0.4 is 5.73 Å². The average Bonchev–Trinajstić information content (AvgIpc) is 2.06. The molecule has 2 atom stereocenters. The van der Waals surface area contributed by atoms with Crippen LogP contribution in [0.4, 0.5) is 0 Å². The van der Waals surface area contributed by atoms with Gasteiger partial charge in [0.05, 0.1) is 0 Å². The molecule has 0 spiro atoms. The molecule has 0 radical (unpaired) electrons. The molecule has 0 heterocycles. The molecule has 1 rings (SSSR count). The Balaban J connectivity index is 0.00000144. The fraction of sp³-hybridized carbons (Fsp3) is 0.444. The van der Waals surface area contributed by atoms with Crippen molar-refractivity contribution in [2.24, 2.45) is 11.7 Å². The second kappa shape index (κ2) is 6.38. The van der Waals surface area contributed by atoms with Crippen LogP contribution in [0.3, 0.4) is 0 Å². The van der Waals surface area contributed by atoms with Crippen molar-refractivity contribution in [2.45, 2.75) is 18.9 Å². The topological polar surface area (TPSA) is 63.3 Å². The summed E-state index contributed by atoms with van der Waals surface area (Å²) in [5.41, 5.74) is 5.39. The van der Waals surface area contributed by atoms with Gasteiger partial charge in [-0.15, -0.1) is 0 Å². The molecule has 0 aromatic heterocycles. The molecule has 0 fully saturated rings. The van der Waals surface area contributed by atoms with Gasteiger partial charge in [-0.2, -0.15) is 0 Å². The van der Waals surface area contributed by atoms with Crippen LogP contribution in [0.15, 0.2) is 24.3 Å². The third-order valence-corrected chi connectivity index (χ3v) is 1.94. The molecule has 68 valence electrons. The SMILES string of the molecule is NC(CC1C=CC=CC1)C(=O)O.[NaH]. The number of hydrogen-bond donors (Lipinski definition) is 2. The minimum absolute atomic E-state index is 0. The van der Waals surface area contributed by atoms with Crippen LogP contribution in [0, 0.1) is 5.92 Å². The van der Waals surface area contributed by atoms with Gasteiger partial charge in [-0.25, -0.2) is 0 Å². The van der Waals surface area contributed by atoms with Gasteiger partial charge in [-0.1, -0.05) is 24.3 Å². The van der Waals surface area contributed by atoms with E-state index in [1.807, 2.05) is 24.3 Å². The number of allylic oxidation sites excluding steroid dienone is 4. The van der Waals surface area contributed by atoms with E-state index in [1.165, 1.54) is 0 Å². The zero-order chi connectivity index (χ0) is 8.97. The van der Waals surface area contributed by atoms with Crippen LogP contribution in [-0.2, 0) is 4.79 Å². The molecule has 13 heavy (non-hydrogen) atoms. The van der Waals surface area contributed by atoms with Gasteiger partial charge in [0.25, 0.3) is 0 Å². The van der Waals surface area contributed by atoms with E-state index in [0.29, 0.717) is 12.3 Å². The predicted octanol–water partition coefficient (Wildman–Crippen LogP) is 0.272. The van der Waals surface area contributed by atoms with Gasteiger partial charge in [0.15, 0.2) is 0 Å². The van der Waals surface area contributed by atoms with Gasteiger partial charge in [-0.3, -0.25) is 4.79 Å². The van der Waals surface area contributed by atoms with E-state index in [0.717, 1.165) is 6.42 Å². The van der Waals surface area contributed by atoms with Crippen LogP contribution in [0.5, 0.6) is 0 Å². The number of rotatable bonds is 3. The number of hydrogen-bond acceptors (Lipinski definition) is 2. The molecule has 0 aliphatic heterocycles. The molecule has 1 aliphatic rings. The molecule has 2 unspecified atom stereocenters. The molecular formula is C9H14NNaO2. The Hall–Kier alpha value is -0.0900. The van der Waals surface area contributed by atoms with Crippen LogP contribution in [0.1, 0.15) is 12.8 Å². The average molecular weight is 191 g/mol. The standard InChI is InChI=1S/C9H13NO2.Na.H/c10-8(9(11)12)6-7-4-2-1-3-5-7;;/h1-4,7-8H,5-6,10H2,(H,11,12);;. The van der Waals surface area contributed by atoms with Gasteiger partial charge >= 0.3 is 35.5 Å². The third kappa shape index (κ3) is 4.62. The molecular weight excluding hydrogens is 177 g/mol. The van der Waals surface area contributed by atoms with Crippen molar-refractivity contribution in [3.05, 3.63) is 24.3 Å². The second-order valence-corrected chi connectivity index (χ2v) is 2.99. The number of aliphatic carboxylic acids is 1. The minimum atomic E-state index is -0.919. The summed E-state index contributed by atoms with van der Waals surface area (Å²) in [4.78, 5) is 10.4. The van der Waals surface area contributed by atoms with Gasteiger partial charge in [-0.05, 0) is 18.8 Å². The van der Waals surface area contributed by atoms with Gasteiger partial charge in [0.1, 0.15) is 6.04 Å². The van der Waals surface area contributed by atoms with Crippen LogP contribution in [0.25, 0.3) is 0 Å². The van der Waals surface area contributed by atoms with Crippen molar-refractivity contribution in [1.82, 2.24) is 0 Å². The maximum absolute atomic E-state index is 10.4. The van der Waals surface area contributed by atoms with E-state index in [-0.39, 0.29) is 29.6 Å². The quantitative estimate of drug-likeness (QED) is 0.629. The second-order valence-electron chi connectivity index (χ2n) is 2.99. The zero-order valence-corrected chi connectivity index (χ0v) is 6.81. The zero-order valence-electron chi connectivity index (χ0n) is 6.81. The Morgan fingerprint density at radius 2 is 2.31 bits per heavy atom. The fourth-order valence-electron chi connectivity index (χ4n) is 1.23. The summed E-state index contributed by atoms with van der Waals surface area (Å²) in [7, 11) is 0. The maximum atomic E-state index is 10.4. The van der Waals surface area contributed by atoms with E-state index >= 15 is 0 Å². The first kappa shape index (κ1) is 12.9. The Kier molecular flexibility index (Phi) is 6.33. The van der Waals surface area contributed by atoms with Crippen molar-refractivity contribution >= 4 is 35.5 Å². The van der Waals surface area contributed by atoms with Gasteiger partial charge in [0, 0.05) is 0 Å². The summed E-state index contributed by atoms with van der Waals surface area (Å²) in [5, 5.41) is 8.55. The normalized spacial score (nSPS) is 22.1. The summed E-state index contributed by atoms with van der Waals surface area (Å²) < 4.78 is 0. The molecule has 1 aliphatic carbocycles. The van der Waals surface area contributed by atoms with Crippen LogP contribution in [0.2, 0.25) is 0 Å². The molecule has 4 heteroatoms. The number of nitrogens with two attached hydrogens (primary N) is 1. The van der Waals surface area contributed by atoms with E-state index in [4.69, 9.17) is 10.8 Å². The number of carboxylic acids is 1. The molecule has 3 nitrogen and oxygen atoms in total. The molecule has 0 saturated heterocycles. The first-order chi connectivity index (χ1) is 5.70. The fourth-order valence-corrected chi connectivity index (χ4v) is 1.23. The van der Waals surface area contributed by atoms with Crippen molar-refractivity contribution in [3.63, 3.8) is 0 Å². The summed E-state index contributed by atoms with van der Waals surface area (Å²) in [5.74, 6) is -0.626. The summed E-state index contributed by atoms with van der Waals surface area (Å²) in [6.45, 7) is 0. The van der Waals surface area contributed by atoms with E-state index in [1.54, 1.807) is 0 Å². The summed E-state index contributed by atoms with van der Waals surface area (Å²) in [6.07, 6.45) is 9.35. The molecule has 0 saturated carbocycles. The van der Waals surface area contributed by atoms with Gasteiger partial charge in [0.2, 0.25) is 0 Å². The Labute approximate surface area is 100.0 Å². The van der Waals surface area contributed by atoms with E-state index in [2.05, 4.69) is 0 Å². The first-order valence-corrected chi connectivity index (χ1v) is 4.02. The molecule has 0 bridgehead atoms. The first-order valence-electron chi connectivity index (χ1n) is 4.02. The molecule has 3 N–H and O–H groups in total. The Morgan fingerprint density at radius 3 is 2.77 bits per heavy atom. The molecule has 0 aromatic rings. The van der Waals surface area contributed by atoms with Gasteiger partial charge < -0.3 is 10.8 Å². The summed E-state index contributed by atoms with van der Waals surface area (Å²) >= 11 is 0. The third-order valence-electron chi connectivity index (χ3n) is 1.94. The predicted molar refractivity (Wildman–Crippen MR) is 53.8 cm³/mol.